The molecule has 2 aromatic rings. The second-order valence-electron chi connectivity index (χ2n) is 4.81. The molecular formula is C15H10F4N2O4S. The third-order valence-electron chi connectivity index (χ3n) is 3.09. The maximum Gasteiger partial charge on any atom is 0.341 e. The number of amides is 3. The first kappa shape index (κ1) is 19.4. The average Bonchev–Trinajstić information content (AvgIpc) is 2.54. The first-order chi connectivity index (χ1) is 12.1. The molecule has 0 saturated carbocycles. The number of hydrogen-bond acceptors (Lipinski definition) is 4. The summed E-state index contributed by atoms with van der Waals surface area (Å²) in [5, 5.41) is 3.47. The van der Waals surface area contributed by atoms with Gasteiger partial charge in [0, 0.05) is 0 Å². The molecule has 0 bridgehead atoms. The van der Waals surface area contributed by atoms with Crippen LogP contribution in [-0.2, 0) is 9.84 Å². The van der Waals surface area contributed by atoms with E-state index in [1.807, 2.05) is 5.32 Å². The first-order valence-electron chi connectivity index (χ1n) is 6.82. The number of rotatable bonds is 4. The Morgan fingerprint density at radius 1 is 0.923 bits per heavy atom. The van der Waals surface area contributed by atoms with Gasteiger partial charge in [-0.2, -0.15) is 8.78 Å². The Morgan fingerprint density at radius 2 is 1.50 bits per heavy atom. The number of imide groups is 1. The largest absolute Gasteiger partial charge is 0.341 e. The fourth-order valence-corrected chi connectivity index (χ4v) is 2.83. The summed E-state index contributed by atoms with van der Waals surface area (Å²) in [7, 11) is -5.03. The van der Waals surface area contributed by atoms with Crippen molar-refractivity contribution >= 4 is 27.5 Å². The Morgan fingerprint density at radius 3 is 2.08 bits per heavy atom. The van der Waals surface area contributed by atoms with Gasteiger partial charge in [-0.3, -0.25) is 10.1 Å². The number of urea groups is 1. The third kappa shape index (κ3) is 3.99. The summed E-state index contributed by atoms with van der Waals surface area (Å²) < 4.78 is 75.5. The van der Waals surface area contributed by atoms with Crippen molar-refractivity contribution in [2.45, 2.75) is 10.7 Å². The second-order valence-corrected chi connectivity index (χ2v) is 6.69. The molecule has 0 unspecified atom stereocenters. The van der Waals surface area contributed by atoms with Gasteiger partial charge in [-0.15, -0.1) is 0 Å². The number of carbonyl (C=O) groups is 2. The Bertz CT molecular complexity index is 944. The lowest BCUT2D eigenvalue weighted by Crippen LogP contribution is -2.35. The first-order valence-corrected chi connectivity index (χ1v) is 8.36. The van der Waals surface area contributed by atoms with E-state index in [2.05, 4.69) is 0 Å². The van der Waals surface area contributed by atoms with Crippen LogP contribution in [0, 0.1) is 11.6 Å². The van der Waals surface area contributed by atoms with Crippen LogP contribution in [0.25, 0.3) is 0 Å². The molecule has 0 radical (unpaired) electrons. The number of halogens is 4. The zero-order valence-corrected chi connectivity index (χ0v) is 13.5. The molecule has 0 spiro atoms. The fraction of sp³-hybridized carbons (Fsp3) is 0.0667. The van der Waals surface area contributed by atoms with Crippen LogP contribution in [0.2, 0.25) is 0 Å². The molecule has 0 saturated heterocycles. The molecule has 26 heavy (non-hydrogen) atoms. The summed E-state index contributed by atoms with van der Waals surface area (Å²) in [5.74, 6) is -7.62. The molecule has 3 amide bonds. The van der Waals surface area contributed by atoms with Gasteiger partial charge in [0.05, 0.1) is 10.6 Å². The highest BCUT2D eigenvalue weighted by Crippen LogP contribution is 2.26. The number of alkyl halides is 2. The van der Waals surface area contributed by atoms with Gasteiger partial charge in [0.15, 0.2) is 0 Å². The molecule has 6 nitrogen and oxygen atoms in total. The normalized spacial score (nSPS) is 11.3. The van der Waals surface area contributed by atoms with Gasteiger partial charge in [0.2, 0.25) is 9.84 Å². The van der Waals surface area contributed by atoms with Gasteiger partial charge in [-0.1, -0.05) is 18.2 Å². The smallest absolute Gasteiger partial charge is 0.306 e. The summed E-state index contributed by atoms with van der Waals surface area (Å²) in [5.41, 5.74) is -1.57. The van der Waals surface area contributed by atoms with Crippen molar-refractivity contribution in [3.63, 3.8) is 0 Å². The molecule has 0 atom stereocenters. The highest BCUT2D eigenvalue weighted by molar-refractivity contribution is 7.91. The van der Waals surface area contributed by atoms with Crippen molar-refractivity contribution < 1.29 is 35.6 Å². The van der Waals surface area contributed by atoms with Gasteiger partial charge >= 0.3 is 11.8 Å². The molecule has 0 fully saturated rings. The third-order valence-corrected chi connectivity index (χ3v) is 4.53. The predicted octanol–water partition coefficient (Wildman–Crippen LogP) is 2.92. The van der Waals surface area contributed by atoms with Crippen molar-refractivity contribution in [3.05, 3.63) is 59.7 Å². The topological polar surface area (TPSA) is 92.3 Å². The van der Waals surface area contributed by atoms with Gasteiger partial charge in [-0.05, 0) is 24.3 Å². The average molecular weight is 390 g/mol. The Balaban J connectivity index is 2.23. The Hall–Kier alpha value is -2.95. The molecule has 2 rings (SSSR count). The lowest BCUT2D eigenvalue weighted by Gasteiger charge is -2.12. The number of carbonyl (C=O) groups excluding carboxylic acids is 2. The molecule has 0 aliphatic rings. The number of sulfone groups is 1. The van der Waals surface area contributed by atoms with E-state index in [9.17, 15) is 35.6 Å². The van der Waals surface area contributed by atoms with Gasteiger partial charge in [-0.25, -0.2) is 22.0 Å². The van der Waals surface area contributed by atoms with Crippen LogP contribution in [0.1, 0.15) is 10.4 Å². The molecule has 0 aliphatic heterocycles. The maximum absolute atomic E-state index is 13.5. The van der Waals surface area contributed by atoms with Crippen molar-refractivity contribution in [2.24, 2.45) is 0 Å². The minimum absolute atomic E-state index is 0.535. The molecule has 2 aromatic carbocycles. The summed E-state index contributed by atoms with van der Waals surface area (Å²) in [6, 6.07) is 5.46. The summed E-state index contributed by atoms with van der Waals surface area (Å²) in [6.45, 7) is 0. The number of anilines is 1. The van der Waals surface area contributed by atoms with Crippen LogP contribution in [0.4, 0.5) is 28.0 Å². The summed E-state index contributed by atoms with van der Waals surface area (Å²) in [6.07, 6.45) is 0. The van der Waals surface area contributed by atoms with Gasteiger partial charge < -0.3 is 5.32 Å². The highest BCUT2D eigenvalue weighted by Gasteiger charge is 2.29. The molecule has 0 heterocycles. The van der Waals surface area contributed by atoms with Crippen molar-refractivity contribution in [1.82, 2.24) is 5.32 Å². The minimum atomic E-state index is -5.03. The van der Waals surface area contributed by atoms with Crippen molar-refractivity contribution in [1.29, 1.82) is 0 Å². The molecule has 138 valence electrons. The summed E-state index contributed by atoms with van der Waals surface area (Å²) >= 11 is 0. The van der Waals surface area contributed by atoms with Crippen molar-refractivity contribution in [3.8, 4) is 0 Å². The van der Waals surface area contributed by atoms with E-state index in [0.29, 0.717) is 0 Å². The van der Waals surface area contributed by atoms with E-state index >= 15 is 0 Å². The molecule has 11 heteroatoms. The van der Waals surface area contributed by atoms with Crippen LogP contribution >= 0.6 is 0 Å². The number of nitrogens with one attached hydrogen (secondary N) is 2. The Kier molecular flexibility index (Phi) is 5.60. The number of hydrogen-bond donors (Lipinski definition) is 2. The second kappa shape index (κ2) is 7.52. The number of para-hydroxylation sites is 1. The van der Waals surface area contributed by atoms with Crippen molar-refractivity contribution in [2.75, 3.05) is 5.32 Å². The SMILES string of the molecule is O=C(NC(=O)c1c(F)cccc1F)Nc1ccccc1S(=O)(=O)C(F)F. The zero-order valence-electron chi connectivity index (χ0n) is 12.7. The van der Waals surface area contributed by atoms with E-state index in [-0.39, 0.29) is 0 Å². The standard InChI is InChI=1S/C15H10F4N2O4S/c16-8-4-3-5-9(17)12(8)13(22)21-15(23)20-10-6-1-2-7-11(10)26(24,25)14(18)19/h1-7,14H,(H2,20,21,22,23). The quantitative estimate of drug-likeness (QED) is 0.786. The van der Waals surface area contributed by atoms with Gasteiger partial charge in [0.1, 0.15) is 17.2 Å². The van der Waals surface area contributed by atoms with Crippen LogP contribution < -0.4 is 10.6 Å². The Labute approximate surface area is 144 Å². The van der Waals surface area contributed by atoms with Gasteiger partial charge in [0.25, 0.3) is 5.91 Å². The molecule has 0 aromatic heterocycles. The zero-order chi connectivity index (χ0) is 19.5. The van der Waals surface area contributed by atoms with Crippen LogP contribution in [0.3, 0.4) is 0 Å². The van der Waals surface area contributed by atoms with Crippen LogP contribution in [-0.4, -0.2) is 26.1 Å². The predicted molar refractivity (Wildman–Crippen MR) is 82.5 cm³/mol. The summed E-state index contributed by atoms with van der Waals surface area (Å²) in [4.78, 5) is 22.7. The molecule has 2 N–H and O–H groups in total. The molecule has 0 aliphatic carbocycles. The maximum atomic E-state index is 13.5. The molecular weight excluding hydrogens is 380 g/mol. The lowest BCUT2D eigenvalue weighted by atomic mass is 10.2. The lowest BCUT2D eigenvalue weighted by molar-refractivity contribution is 0.0959. The van der Waals surface area contributed by atoms with E-state index in [1.165, 1.54) is 6.07 Å². The highest BCUT2D eigenvalue weighted by atomic mass is 32.2. The van der Waals surface area contributed by atoms with Crippen LogP contribution in [0.15, 0.2) is 47.4 Å². The fourth-order valence-electron chi connectivity index (χ4n) is 1.95. The van der Waals surface area contributed by atoms with E-state index < -0.39 is 55.3 Å². The van der Waals surface area contributed by atoms with E-state index in [4.69, 9.17) is 0 Å². The van der Waals surface area contributed by atoms with Crippen LogP contribution in [0.5, 0.6) is 0 Å². The van der Waals surface area contributed by atoms with E-state index in [0.717, 1.165) is 36.4 Å². The monoisotopic (exact) mass is 390 g/mol. The number of benzene rings is 2. The van der Waals surface area contributed by atoms with E-state index in [1.54, 1.807) is 5.32 Å². The minimum Gasteiger partial charge on any atom is -0.306 e.